The van der Waals surface area contributed by atoms with Crippen molar-refractivity contribution < 1.29 is 19.4 Å². The van der Waals surface area contributed by atoms with Crippen LogP contribution in [0.25, 0.3) is 0 Å². The van der Waals surface area contributed by atoms with Crippen LogP contribution in [-0.2, 0) is 14.3 Å². The molecule has 2 fully saturated rings. The molecule has 0 saturated heterocycles. The molecule has 2 aliphatic rings. The zero-order valence-electron chi connectivity index (χ0n) is 7.95. The fourth-order valence-electron chi connectivity index (χ4n) is 1.70. The van der Waals surface area contributed by atoms with Crippen molar-refractivity contribution >= 4 is 11.9 Å². The number of carbonyl (C=O) groups is 2. The van der Waals surface area contributed by atoms with Crippen LogP contribution in [-0.4, -0.2) is 36.7 Å². The fourth-order valence-corrected chi connectivity index (χ4v) is 1.70. The highest BCUT2D eigenvalue weighted by Gasteiger charge is 2.74. The summed E-state index contributed by atoms with van der Waals surface area (Å²) in [5, 5.41) is 11.4. The Morgan fingerprint density at radius 1 is 1.64 bits per heavy atom. The van der Waals surface area contributed by atoms with Crippen molar-refractivity contribution in [2.75, 3.05) is 13.7 Å². The first-order valence-electron chi connectivity index (χ1n) is 4.63. The normalized spacial score (nSPS) is 34.0. The molecule has 14 heavy (non-hydrogen) atoms. The van der Waals surface area contributed by atoms with E-state index in [0.717, 1.165) is 12.8 Å². The molecule has 5 nitrogen and oxygen atoms in total. The first-order valence-corrected chi connectivity index (χ1v) is 4.63. The van der Waals surface area contributed by atoms with Gasteiger partial charge in [-0.1, -0.05) is 0 Å². The Kier molecular flexibility index (Phi) is 1.99. The molecule has 0 aromatic carbocycles. The molecule has 1 atom stereocenters. The molecule has 0 spiro atoms. The number of hydrogen-bond donors (Lipinski definition) is 2. The molecule has 2 aliphatic carbocycles. The molecule has 0 radical (unpaired) electrons. The zero-order valence-corrected chi connectivity index (χ0v) is 7.95. The van der Waals surface area contributed by atoms with Crippen LogP contribution in [0, 0.1) is 11.3 Å². The molecule has 2 saturated carbocycles. The highest BCUT2D eigenvalue weighted by Crippen LogP contribution is 2.75. The average Bonchev–Trinajstić information content (AvgIpc) is 2.99. The second-order valence-electron chi connectivity index (χ2n) is 3.99. The summed E-state index contributed by atoms with van der Waals surface area (Å²) in [6.07, 6.45) is 1.86. The highest BCUT2D eigenvalue weighted by atomic mass is 16.5. The highest BCUT2D eigenvalue weighted by molar-refractivity contribution is 5.93. The predicted molar refractivity (Wildman–Crippen MR) is 46.2 cm³/mol. The van der Waals surface area contributed by atoms with Gasteiger partial charge in [-0.05, 0) is 18.8 Å². The number of hydrogen-bond acceptors (Lipinski definition) is 4. The second-order valence-corrected chi connectivity index (χ2v) is 3.99. The van der Waals surface area contributed by atoms with E-state index in [2.05, 4.69) is 10.1 Å². The maximum atomic E-state index is 11.5. The van der Waals surface area contributed by atoms with E-state index in [-0.39, 0.29) is 11.3 Å². The lowest BCUT2D eigenvalue weighted by Crippen LogP contribution is -2.45. The number of aliphatic hydroxyl groups excluding tert-OH is 1. The van der Waals surface area contributed by atoms with Crippen LogP contribution >= 0.6 is 0 Å². The van der Waals surface area contributed by atoms with Crippen LogP contribution in [0.2, 0.25) is 0 Å². The molecule has 0 aliphatic heterocycles. The van der Waals surface area contributed by atoms with Gasteiger partial charge in [-0.15, -0.1) is 0 Å². The van der Waals surface area contributed by atoms with Crippen molar-refractivity contribution in [1.29, 1.82) is 0 Å². The third-order valence-electron chi connectivity index (χ3n) is 3.11. The van der Waals surface area contributed by atoms with Gasteiger partial charge in [-0.25, -0.2) is 4.79 Å². The molecule has 0 heterocycles. The van der Waals surface area contributed by atoms with Crippen LogP contribution in [0.5, 0.6) is 0 Å². The molecule has 0 aromatic rings. The molecule has 0 aromatic heterocycles. The minimum atomic E-state index is -0.913. The molecular formula is C9H13NO4. The number of methoxy groups -OCH3 is 1. The van der Waals surface area contributed by atoms with Crippen molar-refractivity contribution in [3.05, 3.63) is 0 Å². The van der Waals surface area contributed by atoms with E-state index in [1.807, 2.05) is 0 Å². The number of amides is 1. The number of nitrogens with one attached hydrogen (secondary N) is 1. The largest absolute Gasteiger partial charge is 0.467 e. The Labute approximate surface area is 81.4 Å². The number of esters is 1. The van der Waals surface area contributed by atoms with Crippen molar-refractivity contribution in [2.24, 2.45) is 11.3 Å². The molecule has 2 rings (SSSR count). The van der Waals surface area contributed by atoms with Gasteiger partial charge < -0.3 is 15.2 Å². The van der Waals surface area contributed by atoms with E-state index in [4.69, 9.17) is 5.11 Å². The van der Waals surface area contributed by atoms with Crippen molar-refractivity contribution in [2.45, 2.75) is 18.9 Å². The summed E-state index contributed by atoms with van der Waals surface area (Å²) in [4.78, 5) is 22.6. The van der Waals surface area contributed by atoms with Gasteiger partial charge in [0.25, 0.3) is 0 Å². The summed E-state index contributed by atoms with van der Waals surface area (Å²) >= 11 is 0. The Bertz CT molecular complexity index is 283. The first kappa shape index (κ1) is 9.45. The maximum Gasteiger partial charge on any atom is 0.330 e. The molecular weight excluding hydrogens is 186 g/mol. The Hall–Kier alpha value is -1.10. The molecule has 1 amide bonds. The summed E-state index contributed by atoms with van der Waals surface area (Å²) in [6, 6.07) is -0.913. The third kappa shape index (κ3) is 1.28. The third-order valence-corrected chi connectivity index (χ3v) is 3.11. The second kappa shape index (κ2) is 2.95. The van der Waals surface area contributed by atoms with Gasteiger partial charge in [0.2, 0.25) is 5.91 Å². The number of fused-ring (bicyclic) bond motifs is 1. The van der Waals surface area contributed by atoms with Gasteiger partial charge in [0.1, 0.15) is 0 Å². The van der Waals surface area contributed by atoms with Crippen LogP contribution < -0.4 is 5.32 Å². The Balaban J connectivity index is 1.87. The van der Waals surface area contributed by atoms with Crippen LogP contribution in [0.1, 0.15) is 12.8 Å². The monoisotopic (exact) mass is 199 g/mol. The lowest BCUT2D eigenvalue weighted by Gasteiger charge is -2.14. The van der Waals surface area contributed by atoms with Gasteiger partial charge in [0.05, 0.1) is 19.1 Å². The summed E-state index contributed by atoms with van der Waals surface area (Å²) in [5.74, 6) is -0.193. The molecule has 5 heteroatoms. The minimum Gasteiger partial charge on any atom is -0.467 e. The Morgan fingerprint density at radius 3 is 2.57 bits per heavy atom. The standard InChI is InChI=1S/C9H13NO4/c1-14-7(12)6(4-11)10-8(13)9-2-5(9)3-9/h5-6,11H,2-4H2,1H3,(H,10,13)/t5?,6-,9?/m0/s1. The van der Waals surface area contributed by atoms with Crippen LogP contribution in [0.4, 0.5) is 0 Å². The SMILES string of the molecule is COC(=O)[C@H](CO)NC(=O)C12CC1C2. The molecule has 2 N–H and O–H groups in total. The maximum absolute atomic E-state index is 11.5. The lowest BCUT2D eigenvalue weighted by atomic mass is 10.2. The van der Waals surface area contributed by atoms with Gasteiger partial charge in [-0.2, -0.15) is 0 Å². The predicted octanol–water partition coefficient (Wildman–Crippen LogP) is -0.954. The van der Waals surface area contributed by atoms with Crippen molar-refractivity contribution in [1.82, 2.24) is 5.32 Å². The topological polar surface area (TPSA) is 75.6 Å². The van der Waals surface area contributed by atoms with Gasteiger partial charge in [0, 0.05) is 0 Å². The smallest absolute Gasteiger partial charge is 0.330 e. The van der Waals surface area contributed by atoms with Crippen LogP contribution in [0.15, 0.2) is 0 Å². The summed E-state index contributed by atoms with van der Waals surface area (Å²) in [7, 11) is 1.23. The van der Waals surface area contributed by atoms with Crippen molar-refractivity contribution in [3.63, 3.8) is 0 Å². The first-order chi connectivity index (χ1) is 6.64. The van der Waals surface area contributed by atoms with Gasteiger partial charge >= 0.3 is 5.97 Å². The van der Waals surface area contributed by atoms with E-state index in [1.165, 1.54) is 7.11 Å². The van der Waals surface area contributed by atoms with Crippen LogP contribution in [0.3, 0.4) is 0 Å². The van der Waals surface area contributed by atoms with Gasteiger partial charge in [-0.3, -0.25) is 4.79 Å². The van der Waals surface area contributed by atoms with E-state index >= 15 is 0 Å². The summed E-state index contributed by atoms with van der Waals surface area (Å²) in [5.41, 5.74) is -0.179. The average molecular weight is 199 g/mol. The van der Waals surface area contributed by atoms with Crippen molar-refractivity contribution in [3.8, 4) is 0 Å². The summed E-state index contributed by atoms with van der Waals surface area (Å²) in [6.45, 7) is -0.418. The fraction of sp³-hybridized carbons (Fsp3) is 0.778. The number of ether oxygens (including phenoxy) is 1. The minimum absolute atomic E-state index is 0.119. The lowest BCUT2D eigenvalue weighted by molar-refractivity contribution is -0.146. The molecule has 0 bridgehead atoms. The van der Waals surface area contributed by atoms with E-state index in [9.17, 15) is 9.59 Å². The molecule has 78 valence electrons. The van der Waals surface area contributed by atoms with E-state index in [0.29, 0.717) is 5.92 Å². The van der Waals surface area contributed by atoms with E-state index in [1.54, 1.807) is 0 Å². The zero-order chi connectivity index (χ0) is 10.3. The Morgan fingerprint density at radius 2 is 2.21 bits per heavy atom. The molecule has 0 unspecified atom stereocenters. The van der Waals surface area contributed by atoms with Gasteiger partial charge in [0.15, 0.2) is 6.04 Å². The quantitative estimate of drug-likeness (QED) is 0.572. The summed E-state index contributed by atoms with van der Waals surface area (Å²) < 4.78 is 4.44. The number of rotatable bonds is 4. The number of carbonyl (C=O) groups excluding carboxylic acids is 2. The number of aliphatic hydroxyl groups is 1. The van der Waals surface area contributed by atoms with E-state index < -0.39 is 18.6 Å².